The van der Waals surface area contributed by atoms with Gasteiger partial charge in [0, 0.05) is 12.4 Å². The highest BCUT2D eigenvalue weighted by atomic mass is 16.4. The molecule has 0 aliphatic rings. The lowest BCUT2D eigenvalue weighted by atomic mass is 10.2. The Bertz CT molecular complexity index is 845. The number of H-pyrrole nitrogens is 1. The molecule has 7 nitrogen and oxygen atoms in total. The number of rotatable bonds is 2. The van der Waals surface area contributed by atoms with Crippen molar-refractivity contribution in [3.8, 4) is 17.6 Å². The van der Waals surface area contributed by atoms with Gasteiger partial charge >= 0.3 is 5.97 Å². The highest BCUT2D eigenvalue weighted by Gasteiger charge is 2.10. The van der Waals surface area contributed by atoms with E-state index in [1.165, 1.54) is 18.5 Å². The molecule has 3 aromatic rings. The summed E-state index contributed by atoms with van der Waals surface area (Å²) in [6.07, 6.45) is 2.69. The third-order valence-corrected chi connectivity index (χ3v) is 2.72. The minimum absolute atomic E-state index is 0.0838. The number of hydrogen-bond donors (Lipinski definition) is 2. The van der Waals surface area contributed by atoms with Crippen molar-refractivity contribution < 1.29 is 9.90 Å². The number of imidazole rings is 1. The Kier molecular flexibility index (Phi) is 2.62. The summed E-state index contributed by atoms with van der Waals surface area (Å²) in [5.74, 6) is -0.577. The zero-order valence-electron chi connectivity index (χ0n) is 10.0. The fraction of sp³-hybridized carbons (Fsp3) is 0. The lowest BCUT2D eigenvalue weighted by Crippen LogP contribution is -1.96. The average molecular weight is 265 g/mol. The zero-order valence-corrected chi connectivity index (χ0v) is 10.0. The van der Waals surface area contributed by atoms with E-state index >= 15 is 0 Å². The second-order valence-corrected chi connectivity index (χ2v) is 4.03. The number of pyridine rings is 2. The van der Waals surface area contributed by atoms with Gasteiger partial charge in [-0.1, -0.05) is 0 Å². The fourth-order valence-electron chi connectivity index (χ4n) is 1.74. The monoisotopic (exact) mass is 265 g/mol. The summed E-state index contributed by atoms with van der Waals surface area (Å²) >= 11 is 0. The number of aromatic nitrogens is 4. The van der Waals surface area contributed by atoms with Gasteiger partial charge in [0.25, 0.3) is 0 Å². The first-order valence-corrected chi connectivity index (χ1v) is 5.63. The molecule has 2 N–H and O–H groups in total. The Balaban J connectivity index is 2.08. The van der Waals surface area contributed by atoms with Crippen molar-refractivity contribution in [3.63, 3.8) is 0 Å². The van der Waals surface area contributed by atoms with Gasteiger partial charge in [-0.2, -0.15) is 5.26 Å². The Labute approximate surface area is 112 Å². The summed E-state index contributed by atoms with van der Waals surface area (Å²) in [6.45, 7) is 0. The molecule has 0 aliphatic heterocycles. The van der Waals surface area contributed by atoms with E-state index in [-0.39, 0.29) is 5.56 Å². The number of carboxylic acids is 1. The molecule has 0 spiro atoms. The maximum absolute atomic E-state index is 10.9. The van der Waals surface area contributed by atoms with Crippen LogP contribution in [0.15, 0.2) is 30.6 Å². The predicted octanol–water partition coefficient (Wildman–Crippen LogP) is 1.59. The van der Waals surface area contributed by atoms with Crippen LogP contribution in [0.3, 0.4) is 0 Å². The highest BCUT2D eigenvalue weighted by Crippen LogP contribution is 2.18. The van der Waals surface area contributed by atoms with Gasteiger partial charge in [0.1, 0.15) is 11.8 Å². The summed E-state index contributed by atoms with van der Waals surface area (Å²) in [6, 6.07) is 6.74. The van der Waals surface area contributed by atoms with Crippen molar-refractivity contribution >= 4 is 17.1 Å². The first kappa shape index (κ1) is 11.8. The molecule has 20 heavy (non-hydrogen) atoms. The van der Waals surface area contributed by atoms with Crippen LogP contribution in [0.4, 0.5) is 0 Å². The Morgan fingerprint density at radius 1 is 1.30 bits per heavy atom. The molecule has 0 aromatic carbocycles. The van der Waals surface area contributed by atoms with E-state index in [4.69, 9.17) is 10.4 Å². The average Bonchev–Trinajstić information content (AvgIpc) is 2.90. The second-order valence-electron chi connectivity index (χ2n) is 4.03. The number of nitrogens with one attached hydrogen (secondary N) is 1. The number of nitriles is 1. The SMILES string of the molecule is N#Cc1ccc(-c2nc3ncc(C(=O)O)cc3[nH]2)nc1. The third-order valence-electron chi connectivity index (χ3n) is 2.72. The number of fused-ring (bicyclic) bond motifs is 1. The molecule has 0 aliphatic carbocycles. The first-order chi connectivity index (χ1) is 9.67. The van der Waals surface area contributed by atoms with Gasteiger partial charge in [0.15, 0.2) is 11.5 Å². The van der Waals surface area contributed by atoms with Gasteiger partial charge in [-0.15, -0.1) is 0 Å². The molecule has 0 atom stereocenters. The maximum Gasteiger partial charge on any atom is 0.337 e. The van der Waals surface area contributed by atoms with Crippen LogP contribution in [-0.4, -0.2) is 31.0 Å². The number of aromatic carboxylic acids is 1. The van der Waals surface area contributed by atoms with Crippen LogP contribution in [-0.2, 0) is 0 Å². The standard InChI is InChI=1S/C13H7N5O2/c14-4-7-1-2-9(15-5-7)12-17-10-3-8(13(19)20)6-16-11(10)18-12/h1-3,5-6H,(H,19,20)(H,16,17,18). The van der Waals surface area contributed by atoms with Gasteiger partial charge in [-0.3, -0.25) is 4.98 Å². The van der Waals surface area contributed by atoms with Gasteiger partial charge < -0.3 is 10.1 Å². The molecule has 0 saturated carbocycles. The normalized spacial score (nSPS) is 10.3. The smallest absolute Gasteiger partial charge is 0.337 e. The Morgan fingerprint density at radius 3 is 2.80 bits per heavy atom. The van der Waals surface area contributed by atoms with Gasteiger partial charge in [0.05, 0.1) is 16.6 Å². The van der Waals surface area contributed by atoms with Crippen LogP contribution in [0.1, 0.15) is 15.9 Å². The predicted molar refractivity (Wildman–Crippen MR) is 68.8 cm³/mol. The molecule has 0 saturated heterocycles. The largest absolute Gasteiger partial charge is 0.478 e. The quantitative estimate of drug-likeness (QED) is 0.726. The fourth-order valence-corrected chi connectivity index (χ4v) is 1.74. The maximum atomic E-state index is 10.9. The molecular weight excluding hydrogens is 258 g/mol. The molecule has 7 heteroatoms. The Morgan fingerprint density at radius 2 is 2.15 bits per heavy atom. The van der Waals surface area contributed by atoms with Crippen LogP contribution in [0.2, 0.25) is 0 Å². The van der Waals surface area contributed by atoms with Crippen molar-refractivity contribution in [3.05, 3.63) is 41.7 Å². The van der Waals surface area contributed by atoms with Crippen LogP contribution < -0.4 is 0 Å². The molecule has 0 radical (unpaired) electrons. The summed E-state index contributed by atoms with van der Waals surface area (Å²) in [5.41, 5.74) is 2.03. The van der Waals surface area contributed by atoms with E-state index < -0.39 is 5.97 Å². The Hall–Kier alpha value is -3.27. The van der Waals surface area contributed by atoms with E-state index in [1.54, 1.807) is 12.1 Å². The summed E-state index contributed by atoms with van der Waals surface area (Å²) in [5, 5.41) is 17.6. The first-order valence-electron chi connectivity index (χ1n) is 5.63. The summed E-state index contributed by atoms with van der Waals surface area (Å²) in [7, 11) is 0. The lowest BCUT2D eigenvalue weighted by Gasteiger charge is -1.94. The topological polar surface area (TPSA) is 116 Å². The van der Waals surface area contributed by atoms with E-state index in [0.717, 1.165) is 0 Å². The number of carboxylic acid groups (broad SMARTS) is 1. The number of hydrogen-bond acceptors (Lipinski definition) is 5. The summed E-state index contributed by atoms with van der Waals surface area (Å²) in [4.78, 5) is 26.2. The van der Waals surface area contributed by atoms with Gasteiger partial charge in [-0.05, 0) is 18.2 Å². The highest BCUT2D eigenvalue weighted by molar-refractivity contribution is 5.91. The summed E-state index contributed by atoms with van der Waals surface area (Å²) < 4.78 is 0. The van der Waals surface area contributed by atoms with Gasteiger partial charge in [0.2, 0.25) is 0 Å². The second kappa shape index (κ2) is 4.44. The third kappa shape index (κ3) is 1.95. The van der Waals surface area contributed by atoms with Gasteiger partial charge in [-0.25, -0.2) is 14.8 Å². The van der Waals surface area contributed by atoms with Crippen LogP contribution in [0.25, 0.3) is 22.7 Å². The van der Waals surface area contributed by atoms with E-state index in [1.807, 2.05) is 6.07 Å². The number of nitrogens with zero attached hydrogens (tertiary/aromatic N) is 4. The van der Waals surface area contributed by atoms with E-state index in [0.29, 0.717) is 28.2 Å². The van der Waals surface area contributed by atoms with Crippen molar-refractivity contribution in [1.82, 2.24) is 19.9 Å². The van der Waals surface area contributed by atoms with E-state index in [2.05, 4.69) is 19.9 Å². The lowest BCUT2D eigenvalue weighted by molar-refractivity contribution is 0.0696. The minimum Gasteiger partial charge on any atom is -0.478 e. The molecule has 0 unspecified atom stereocenters. The van der Waals surface area contributed by atoms with E-state index in [9.17, 15) is 4.79 Å². The van der Waals surface area contributed by atoms with Crippen molar-refractivity contribution in [1.29, 1.82) is 5.26 Å². The molecule has 0 bridgehead atoms. The van der Waals surface area contributed by atoms with Crippen LogP contribution >= 0.6 is 0 Å². The zero-order chi connectivity index (χ0) is 14.1. The number of aromatic amines is 1. The molecule has 96 valence electrons. The molecule has 3 rings (SSSR count). The molecule has 0 fully saturated rings. The minimum atomic E-state index is -1.05. The molecule has 0 amide bonds. The van der Waals surface area contributed by atoms with Crippen molar-refractivity contribution in [2.75, 3.05) is 0 Å². The van der Waals surface area contributed by atoms with Crippen LogP contribution in [0, 0.1) is 11.3 Å². The van der Waals surface area contributed by atoms with Crippen molar-refractivity contribution in [2.24, 2.45) is 0 Å². The number of carbonyl (C=O) groups is 1. The van der Waals surface area contributed by atoms with Crippen LogP contribution in [0.5, 0.6) is 0 Å². The molecular formula is C13H7N5O2. The molecule has 3 heterocycles. The molecule has 3 aromatic heterocycles. The van der Waals surface area contributed by atoms with Crippen molar-refractivity contribution in [2.45, 2.75) is 0 Å².